The molecular weight excluding hydrogens is 753 g/mol. The number of benzene rings is 9. The van der Waals surface area contributed by atoms with Gasteiger partial charge in [-0.1, -0.05) is 91.0 Å². The van der Waals surface area contributed by atoms with E-state index in [4.69, 9.17) is 14.4 Å². The van der Waals surface area contributed by atoms with Gasteiger partial charge in [0.2, 0.25) is 5.89 Å². The lowest BCUT2D eigenvalue weighted by atomic mass is 10.00. The first-order valence-electron chi connectivity index (χ1n) is 20.0. The highest BCUT2D eigenvalue weighted by atomic mass is 32.1. The van der Waals surface area contributed by atoms with Gasteiger partial charge in [-0.05, 0) is 149 Å². The summed E-state index contributed by atoms with van der Waals surface area (Å²) in [6, 6.07) is 76.6. The lowest BCUT2D eigenvalue weighted by Crippen LogP contribution is -2.09. The Bertz CT molecular complexity index is 3180. The molecule has 5 nitrogen and oxygen atoms in total. The van der Waals surface area contributed by atoms with Gasteiger partial charge in [0, 0.05) is 45.3 Å². The second-order valence-electron chi connectivity index (χ2n) is 14.7. The average Bonchev–Trinajstić information content (AvgIpc) is 3.96. The van der Waals surface area contributed by atoms with Crippen LogP contribution >= 0.6 is 11.3 Å². The maximum Gasteiger partial charge on any atom is 0.227 e. The van der Waals surface area contributed by atoms with Gasteiger partial charge in [0.15, 0.2) is 5.58 Å². The zero-order valence-corrected chi connectivity index (χ0v) is 33.2. The summed E-state index contributed by atoms with van der Waals surface area (Å²) in [6.45, 7) is 0. The summed E-state index contributed by atoms with van der Waals surface area (Å²) in [4.78, 5) is 14.2. The maximum atomic E-state index is 6.06. The van der Waals surface area contributed by atoms with E-state index in [-0.39, 0.29) is 0 Å². The van der Waals surface area contributed by atoms with Gasteiger partial charge in [-0.25, -0.2) is 9.97 Å². The molecule has 0 bridgehead atoms. The number of thiazole rings is 1. The number of oxazole rings is 1. The SMILES string of the molecule is c1ccc(N(c2ccc(-c3ccc4cc(N(c5ccccc5)c5ccc(-c6nc7ccccc7o6)cc5)ccc4c3)cc2)c2ccc(-c3nc4ccccc4s3)cc2)cc1. The van der Waals surface area contributed by atoms with E-state index in [0.29, 0.717) is 5.89 Å². The molecule has 0 saturated carbocycles. The van der Waals surface area contributed by atoms with Crippen LogP contribution in [0.3, 0.4) is 0 Å². The van der Waals surface area contributed by atoms with Crippen molar-refractivity contribution in [3.63, 3.8) is 0 Å². The molecule has 0 fully saturated rings. The first kappa shape index (κ1) is 35.4. The van der Waals surface area contributed by atoms with E-state index in [1.807, 2.05) is 30.3 Å². The van der Waals surface area contributed by atoms with Gasteiger partial charge in [-0.15, -0.1) is 11.3 Å². The quantitative estimate of drug-likeness (QED) is 0.146. The molecule has 0 radical (unpaired) electrons. The van der Waals surface area contributed by atoms with Crippen LogP contribution in [0.25, 0.3) is 65.2 Å². The van der Waals surface area contributed by atoms with Gasteiger partial charge in [-0.2, -0.15) is 0 Å². The Morgan fingerprint density at radius 3 is 1.48 bits per heavy atom. The third-order valence-electron chi connectivity index (χ3n) is 10.9. The fraction of sp³-hybridized carbons (Fsp3) is 0. The van der Waals surface area contributed by atoms with Crippen molar-refractivity contribution in [3.05, 3.63) is 218 Å². The van der Waals surface area contributed by atoms with Crippen molar-refractivity contribution in [1.82, 2.24) is 9.97 Å². The second kappa shape index (κ2) is 15.2. The van der Waals surface area contributed by atoms with Crippen LogP contribution in [0.5, 0.6) is 0 Å². The fourth-order valence-electron chi connectivity index (χ4n) is 7.90. The number of anilines is 6. The molecule has 60 heavy (non-hydrogen) atoms. The Balaban J connectivity index is 0.878. The molecular formula is C54H36N4OS. The first-order chi connectivity index (χ1) is 29.7. The van der Waals surface area contributed by atoms with Crippen molar-refractivity contribution < 1.29 is 4.42 Å². The predicted octanol–water partition coefficient (Wildman–Crippen LogP) is 15.5. The zero-order valence-electron chi connectivity index (χ0n) is 32.4. The Morgan fingerprint density at radius 1 is 0.350 bits per heavy atom. The Kier molecular flexibility index (Phi) is 8.95. The summed E-state index contributed by atoms with van der Waals surface area (Å²) >= 11 is 1.73. The number of fused-ring (bicyclic) bond motifs is 3. The topological polar surface area (TPSA) is 45.4 Å². The molecule has 0 N–H and O–H groups in total. The lowest BCUT2D eigenvalue weighted by Gasteiger charge is -2.26. The number of para-hydroxylation sites is 5. The molecule has 0 spiro atoms. The van der Waals surface area contributed by atoms with Gasteiger partial charge in [0.1, 0.15) is 10.5 Å². The molecule has 9 aromatic carbocycles. The van der Waals surface area contributed by atoms with Crippen LogP contribution in [-0.2, 0) is 0 Å². The lowest BCUT2D eigenvalue weighted by molar-refractivity contribution is 0.620. The molecule has 11 rings (SSSR count). The van der Waals surface area contributed by atoms with Crippen LogP contribution in [0.15, 0.2) is 223 Å². The summed E-state index contributed by atoms with van der Waals surface area (Å²) in [5, 5.41) is 3.38. The van der Waals surface area contributed by atoms with E-state index < -0.39 is 0 Å². The van der Waals surface area contributed by atoms with Crippen molar-refractivity contribution >= 4 is 77.5 Å². The normalized spacial score (nSPS) is 11.3. The average molecular weight is 789 g/mol. The Morgan fingerprint density at radius 2 is 0.833 bits per heavy atom. The van der Waals surface area contributed by atoms with E-state index >= 15 is 0 Å². The summed E-state index contributed by atoms with van der Waals surface area (Å²) in [6.07, 6.45) is 0. The highest BCUT2D eigenvalue weighted by Crippen LogP contribution is 2.40. The zero-order chi connectivity index (χ0) is 39.8. The monoisotopic (exact) mass is 788 g/mol. The van der Waals surface area contributed by atoms with Gasteiger partial charge < -0.3 is 14.2 Å². The molecule has 0 aliphatic heterocycles. The summed E-state index contributed by atoms with van der Waals surface area (Å²) in [7, 11) is 0. The second-order valence-corrected chi connectivity index (χ2v) is 15.7. The van der Waals surface area contributed by atoms with Crippen molar-refractivity contribution in [3.8, 4) is 33.2 Å². The molecule has 284 valence electrons. The molecule has 6 heteroatoms. The minimum absolute atomic E-state index is 0.616. The molecule has 0 aliphatic rings. The van der Waals surface area contributed by atoms with E-state index in [1.54, 1.807) is 11.3 Å². The Hall–Kier alpha value is -7.80. The van der Waals surface area contributed by atoms with Gasteiger partial charge >= 0.3 is 0 Å². The number of aromatic nitrogens is 2. The molecule has 2 aromatic heterocycles. The summed E-state index contributed by atoms with van der Waals surface area (Å²) < 4.78 is 7.26. The number of nitrogens with zero attached hydrogens (tertiary/aromatic N) is 4. The fourth-order valence-corrected chi connectivity index (χ4v) is 8.87. The predicted molar refractivity (Wildman–Crippen MR) is 250 cm³/mol. The highest BCUT2D eigenvalue weighted by Gasteiger charge is 2.17. The minimum atomic E-state index is 0.616. The van der Waals surface area contributed by atoms with Crippen molar-refractivity contribution in [2.24, 2.45) is 0 Å². The van der Waals surface area contributed by atoms with E-state index in [2.05, 4.69) is 198 Å². The molecule has 11 aromatic rings. The van der Waals surface area contributed by atoms with Gasteiger partial charge in [-0.3, -0.25) is 0 Å². The van der Waals surface area contributed by atoms with Crippen LogP contribution in [0, 0.1) is 0 Å². The number of hydrogen-bond donors (Lipinski definition) is 0. The van der Waals surface area contributed by atoms with Crippen LogP contribution in [0.4, 0.5) is 34.1 Å². The molecule has 0 unspecified atom stereocenters. The molecule has 0 aliphatic carbocycles. The van der Waals surface area contributed by atoms with E-state index in [9.17, 15) is 0 Å². The highest BCUT2D eigenvalue weighted by molar-refractivity contribution is 7.21. The molecule has 0 amide bonds. The van der Waals surface area contributed by atoms with Crippen LogP contribution < -0.4 is 9.80 Å². The third kappa shape index (κ3) is 6.75. The minimum Gasteiger partial charge on any atom is -0.436 e. The summed E-state index contributed by atoms with van der Waals surface area (Å²) in [5.74, 6) is 0.616. The van der Waals surface area contributed by atoms with Crippen LogP contribution in [0.1, 0.15) is 0 Å². The van der Waals surface area contributed by atoms with Crippen molar-refractivity contribution in [1.29, 1.82) is 0 Å². The van der Waals surface area contributed by atoms with Crippen LogP contribution in [-0.4, -0.2) is 9.97 Å². The third-order valence-corrected chi connectivity index (χ3v) is 12.0. The smallest absolute Gasteiger partial charge is 0.227 e. The van der Waals surface area contributed by atoms with E-state index in [0.717, 1.165) is 72.4 Å². The summed E-state index contributed by atoms with van der Waals surface area (Å²) in [5.41, 5.74) is 13.5. The van der Waals surface area contributed by atoms with Crippen LogP contribution in [0.2, 0.25) is 0 Å². The van der Waals surface area contributed by atoms with Gasteiger partial charge in [0.05, 0.1) is 10.2 Å². The van der Waals surface area contributed by atoms with Gasteiger partial charge in [0.25, 0.3) is 0 Å². The number of hydrogen-bond acceptors (Lipinski definition) is 6. The first-order valence-corrected chi connectivity index (χ1v) is 20.8. The molecule has 0 atom stereocenters. The molecule has 2 heterocycles. The van der Waals surface area contributed by atoms with Crippen molar-refractivity contribution in [2.45, 2.75) is 0 Å². The Labute approximate surface area is 351 Å². The van der Waals surface area contributed by atoms with E-state index in [1.165, 1.54) is 21.0 Å². The van der Waals surface area contributed by atoms with Crippen molar-refractivity contribution in [2.75, 3.05) is 9.80 Å². The standard InChI is InChI=1S/C54H36N4OS/c1-3-11-43(12-4-1)57(46-32-25-39(26-33-46)54-56-50-16-8-10-18-52(50)60-54)45-28-21-37(22-29-45)40-19-20-42-36-48(34-27-41(42)35-40)58(44-13-5-2-6-14-44)47-30-23-38(24-31-47)53-55-49-15-7-9-17-51(49)59-53/h1-36H. The maximum absolute atomic E-state index is 6.06. The largest absolute Gasteiger partial charge is 0.436 e. The number of rotatable bonds is 9. The molecule has 0 saturated heterocycles.